The van der Waals surface area contributed by atoms with Gasteiger partial charge in [-0.15, -0.1) is 0 Å². The molecule has 96 valence electrons. The van der Waals surface area contributed by atoms with E-state index in [-0.39, 0.29) is 5.56 Å². The summed E-state index contributed by atoms with van der Waals surface area (Å²) >= 11 is 0. The van der Waals surface area contributed by atoms with Crippen molar-refractivity contribution < 1.29 is 17.6 Å². The molecule has 0 aliphatic carbocycles. The molecule has 5 heteroatoms. The van der Waals surface area contributed by atoms with Crippen molar-refractivity contribution in [2.24, 2.45) is 0 Å². The molecule has 0 fully saturated rings. The van der Waals surface area contributed by atoms with Crippen molar-refractivity contribution in [2.45, 2.75) is 12.5 Å². The van der Waals surface area contributed by atoms with E-state index in [0.717, 1.165) is 5.56 Å². The van der Waals surface area contributed by atoms with Gasteiger partial charge >= 0.3 is 0 Å². The summed E-state index contributed by atoms with van der Waals surface area (Å²) in [6.07, 6.45) is 3.34. The van der Waals surface area contributed by atoms with Crippen LogP contribution < -0.4 is 5.32 Å². The Kier molecular flexibility index (Phi) is 3.72. The van der Waals surface area contributed by atoms with Gasteiger partial charge in [0.15, 0.2) is 0 Å². The standard InChI is InChI=1S/C13H12F3NO/c1-17-12(4-8-2-3-18-7-8)13-10(15)5-9(14)6-11(13)16/h2-3,5-7,12,17H,4H2,1H3. The van der Waals surface area contributed by atoms with E-state index in [1.165, 1.54) is 12.5 Å². The first kappa shape index (κ1) is 12.7. The van der Waals surface area contributed by atoms with Crippen LogP contribution in [0.1, 0.15) is 17.2 Å². The SMILES string of the molecule is CNC(Cc1ccoc1)c1c(F)cc(F)cc1F. The van der Waals surface area contributed by atoms with Crippen LogP contribution >= 0.6 is 0 Å². The van der Waals surface area contributed by atoms with Crippen LogP contribution in [0.2, 0.25) is 0 Å². The van der Waals surface area contributed by atoms with Crippen molar-refractivity contribution >= 4 is 0 Å². The molecule has 0 saturated carbocycles. The van der Waals surface area contributed by atoms with Crippen LogP contribution in [0.4, 0.5) is 13.2 Å². The fraction of sp³-hybridized carbons (Fsp3) is 0.231. The summed E-state index contributed by atoms with van der Waals surface area (Å²) in [4.78, 5) is 0. The Hall–Kier alpha value is -1.75. The van der Waals surface area contributed by atoms with Crippen LogP contribution in [0.5, 0.6) is 0 Å². The minimum atomic E-state index is -0.924. The van der Waals surface area contributed by atoms with Crippen LogP contribution in [-0.2, 0) is 6.42 Å². The molecular weight excluding hydrogens is 243 g/mol. The van der Waals surface area contributed by atoms with Crippen molar-refractivity contribution in [2.75, 3.05) is 7.05 Å². The van der Waals surface area contributed by atoms with Gasteiger partial charge in [-0.1, -0.05) is 0 Å². The molecule has 0 aliphatic heterocycles. The minimum absolute atomic E-state index is 0.167. The smallest absolute Gasteiger partial charge is 0.133 e. The second-order valence-electron chi connectivity index (χ2n) is 3.96. The number of hydrogen-bond acceptors (Lipinski definition) is 2. The quantitative estimate of drug-likeness (QED) is 0.907. The third-order valence-electron chi connectivity index (χ3n) is 2.76. The molecule has 0 radical (unpaired) electrons. The highest BCUT2D eigenvalue weighted by Gasteiger charge is 2.20. The van der Waals surface area contributed by atoms with Gasteiger partial charge in [-0.25, -0.2) is 13.2 Å². The molecular formula is C13H12F3NO. The number of likely N-dealkylation sites (N-methyl/N-ethyl adjacent to an activating group) is 1. The van der Waals surface area contributed by atoms with Crippen LogP contribution in [0.3, 0.4) is 0 Å². The summed E-state index contributed by atoms with van der Waals surface area (Å²) in [5.41, 5.74) is 0.637. The number of benzene rings is 1. The molecule has 1 unspecified atom stereocenters. The number of furan rings is 1. The maximum atomic E-state index is 13.6. The average molecular weight is 255 g/mol. The first-order chi connectivity index (χ1) is 8.61. The molecule has 0 amide bonds. The fourth-order valence-electron chi connectivity index (χ4n) is 1.88. The van der Waals surface area contributed by atoms with Crippen molar-refractivity contribution in [1.82, 2.24) is 5.32 Å². The summed E-state index contributed by atoms with van der Waals surface area (Å²) < 4.78 is 45.0. The molecule has 1 atom stereocenters. The predicted octanol–water partition coefficient (Wildman–Crippen LogP) is 3.20. The van der Waals surface area contributed by atoms with Crippen molar-refractivity contribution in [3.8, 4) is 0 Å². The molecule has 18 heavy (non-hydrogen) atoms. The van der Waals surface area contributed by atoms with E-state index in [2.05, 4.69) is 5.32 Å². The van der Waals surface area contributed by atoms with Crippen LogP contribution in [-0.4, -0.2) is 7.05 Å². The molecule has 0 bridgehead atoms. The highest BCUT2D eigenvalue weighted by atomic mass is 19.1. The second-order valence-corrected chi connectivity index (χ2v) is 3.96. The van der Waals surface area contributed by atoms with E-state index >= 15 is 0 Å². The minimum Gasteiger partial charge on any atom is -0.472 e. The number of nitrogens with one attached hydrogen (secondary N) is 1. The van der Waals surface area contributed by atoms with Gasteiger partial charge in [-0.05, 0) is 25.1 Å². The van der Waals surface area contributed by atoms with E-state index in [9.17, 15) is 13.2 Å². The predicted molar refractivity (Wildman–Crippen MR) is 60.5 cm³/mol. The molecule has 1 heterocycles. The lowest BCUT2D eigenvalue weighted by Crippen LogP contribution is -2.21. The Morgan fingerprint density at radius 1 is 1.22 bits per heavy atom. The van der Waals surface area contributed by atoms with Crippen LogP contribution in [0, 0.1) is 17.5 Å². The lowest BCUT2D eigenvalue weighted by molar-refractivity contribution is 0.473. The zero-order chi connectivity index (χ0) is 13.1. The lowest BCUT2D eigenvalue weighted by atomic mass is 9.99. The van der Waals surface area contributed by atoms with E-state index in [1.54, 1.807) is 13.1 Å². The average Bonchev–Trinajstić information content (AvgIpc) is 2.79. The maximum absolute atomic E-state index is 13.6. The Labute approximate surface area is 102 Å². The molecule has 0 spiro atoms. The molecule has 0 saturated heterocycles. The van der Waals surface area contributed by atoms with Gasteiger partial charge < -0.3 is 9.73 Å². The van der Waals surface area contributed by atoms with Crippen molar-refractivity contribution in [3.05, 3.63) is 59.3 Å². The third kappa shape index (κ3) is 2.56. The molecule has 1 aromatic carbocycles. The van der Waals surface area contributed by atoms with Gasteiger partial charge in [0.05, 0.1) is 12.5 Å². The zero-order valence-electron chi connectivity index (χ0n) is 9.71. The topological polar surface area (TPSA) is 25.2 Å². The summed E-state index contributed by atoms with van der Waals surface area (Å²) in [5.74, 6) is -2.71. The molecule has 1 N–H and O–H groups in total. The van der Waals surface area contributed by atoms with Gasteiger partial charge in [-0.3, -0.25) is 0 Å². The van der Waals surface area contributed by atoms with Crippen LogP contribution in [0.25, 0.3) is 0 Å². The largest absolute Gasteiger partial charge is 0.472 e. The second kappa shape index (κ2) is 5.27. The van der Waals surface area contributed by atoms with E-state index < -0.39 is 23.5 Å². The normalized spacial score (nSPS) is 12.7. The fourth-order valence-corrected chi connectivity index (χ4v) is 1.88. The van der Waals surface area contributed by atoms with Gasteiger partial charge in [0.25, 0.3) is 0 Å². The highest BCUT2D eigenvalue weighted by molar-refractivity contribution is 5.26. The lowest BCUT2D eigenvalue weighted by Gasteiger charge is -2.17. The maximum Gasteiger partial charge on any atom is 0.133 e. The molecule has 0 aliphatic rings. The number of halogens is 3. The monoisotopic (exact) mass is 255 g/mol. The Morgan fingerprint density at radius 2 is 1.89 bits per heavy atom. The number of rotatable bonds is 4. The van der Waals surface area contributed by atoms with Crippen molar-refractivity contribution in [1.29, 1.82) is 0 Å². The van der Waals surface area contributed by atoms with E-state index in [4.69, 9.17) is 4.42 Å². The number of hydrogen-bond donors (Lipinski definition) is 1. The molecule has 1 aromatic heterocycles. The highest BCUT2D eigenvalue weighted by Crippen LogP contribution is 2.25. The van der Waals surface area contributed by atoms with Gasteiger partial charge in [0.1, 0.15) is 17.5 Å². The van der Waals surface area contributed by atoms with E-state index in [1.807, 2.05) is 0 Å². The Morgan fingerprint density at radius 3 is 2.39 bits per heavy atom. The summed E-state index contributed by atoms with van der Waals surface area (Å²) in [5, 5.41) is 2.81. The molecule has 2 rings (SSSR count). The Bertz CT molecular complexity index is 502. The summed E-state index contributed by atoms with van der Waals surface area (Å²) in [6.45, 7) is 0. The molecule has 2 aromatic rings. The Balaban J connectivity index is 2.33. The van der Waals surface area contributed by atoms with E-state index in [0.29, 0.717) is 18.6 Å². The van der Waals surface area contributed by atoms with Crippen LogP contribution in [0.15, 0.2) is 35.1 Å². The first-order valence-electron chi connectivity index (χ1n) is 5.44. The third-order valence-corrected chi connectivity index (χ3v) is 2.76. The van der Waals surface area contributed by atoms with Gasteiger partial charge in [0, 0.05) is 23.7 Å². The van der Waals surface area contributed by atoms with Gasteiger partial charge in [-0.2, -0.15) is 0 Å². The first-order valence-corrected chi connectivity index (χ1v) is 5.44. The zero-order valence-corrected chi connectivity index (χ0v) is 9.71. The molecule has 2 nitrogen and oxygen atoms in total. The van der Waals surface area contributed by atoms with Gasteiger partial charge in [0.2, 0.25) is 0 Å². The summed E-state index contributed by atoms with van der Waals surface area (Å²) in [7, 11) is 1.59. The van der Waals surface area contributed by atoms with Crippen molar-refractivity contribution in [3.63, 3.8) is 0 Å². The summed E-state index contributed by atoms with van der Waals surface area (Å²) in [6, 6.07) is 2.49.